The Bertz CT molecular complexity index is 560. The smallest absolute Gasteiger partial charge is 0.125 e. The van der Waals surface area contributed by atoms with Gasteiger partial charge in [0.25, 0.3) is 0 Å². The second kappa shape index (κ2) is 4.92. The first-order chi connectivity index (χ1) is 8.52. The minimum Gasteiger partial charge on any atom is -0.394 e. The number of aromatic amines is 1. The number of imidazole rings is 1. The highest BCUT2D eigenvalue weighted by Crippen LogP contribution is 2.25. The van der Waals surface area contributed by atoms with Gasteiger partial charge >= 0.3 is 0 Å². The first-order valence-corrected chi connectivity index (χ1v) is 6.02. The number of aryl methyl sites for hydroxylation is 3. The van der Waals surface area contributed by atoms with Gasteiger partial charge in [-0.2, -0.15) is 0 Å². The number of rotatable bonds is 3. The molecule has 1 aromatic carbocycles. The molecule has 2 rings (SSSR count). The Hall–Kier alpha value is -1.65. The van der Waals surface area contributed by atoms with Crippen molar-refractivity contribution in [1.82, 2.24) is 9.97 Å². The number of aliphatic hydroxyl groups excluding tert-OH is 1. The van der Waals surface area contributed by atoms with Crippen molar-refractivity contribution in [2.24, 2.45) is 5.73 Å². The molecule has 0 aliphatic rings. The number of nitrogens with one attached hydrogen (secondary N) is 1. The van der Waals surface area contributed by atoms with Crippen LogP contribution in [0.2, 0.25) is 0 Å². The Kier molecular flexibility index (Phi) is 3.50. The standard InChI is InChI=1S/C14H19N3O/c1-8-4-10(3)11(5-9(8)2)13-6-16-14(17-13)12(15)7-18/h4-6,12,18H,7,15H2,1-3H3,(H,16,17). The maximum absolute atomic E-state index is 9.02. The summed E-state index contributed by atoms with van der Waals surface area (Å²) in [7, 11) is 0. The Morgan fingerprint density at radius 2 is 1.89 bits per heavy atom. The number of nitrogens with zero attached hydrogens (tertiary/aromatic N) is 1. The van der Waals surface area contributed by atoms with Crippen LogP contribution >= 0.6 is 0 Å². The molecule has 0 amide bonds. The number of nitrogens with two attached hydrogens (primary N) is 1. The molecule has 4 nitrogen and oxygen atoms in total. The van der Waals surface area contributed by atoms with Crippen LogP contribution in [0.5, 0.6) is 0 Å². The number of aliphatic hydroxyl groups is 1. The zero-order valence-electron chi connectivity index (χ0n) is 11.0. The molecule has 0 radical (unpaired) electrons. The van der Waals surface area contributed by atoms with Crippen molar-refractivity contribution in [1.29, 1.82) is 0 Å². The molecular formula is C14H19N3O. The Morgan fingerprint density at radius 1 is 1.22 bits per heavy atom. The van der Waals surface area contributed by atoms with E-state index in [1.165, 1.54) is 16.7 Å². The number of hydrogen-bond acceptors (Lipinski definition) is 3. The van der Waals surface area contributed by atoms with Crippen molar-refractivity contribution in [2.45, 2.75) is 26.8 Å². The van der Waals surface area contributed by atoms with Crippen LogP contribution in [0.3, 0.4) is 0 Å². The van der Waals surface area contributed by atoms with Crippen LogP contribution < -0.4 is 5.73 Å². The summed E-state index contributed by atoms with van der Waals surface area (Å²) in [6, 6.07) is 3.86. The van der Waals surface area contributed by atoms with Gasteiger partial charge in [-0.1, -0.05) is 6.07 Å². The van der Waals surface area contributed by atoms with Crippen molar-refractivity contribution in [3.05, 3.63) is 40.8 Å². The lowest BCUT2D eigenvalue weighted by molar-refractivity contribution is 0.264. The van der Waals surface area contributed by atoms with Crippen molar-refractivity contribution < 1.29 is 5.11 Å². The van der Waals surface area contributed by atoms with Crippen LogP contribution in [0.15, 0.2) is 18.3 Å². The molecule has 1 aromatic heterocycles. The molecule has 1 atom stereocenters. The molecule has 18 heavy (non-hydrogen) atoms. The summed E-state index contributed by atoms with van der Waals surface area (Å²) < 4.78 is 0. The largest absolute Gasteiger partial charge is 0.394 e. The topological polar surface area (TPSA) is 74.9 Å². The van der Waals surface area contributed by atoms with Gasteiger partial charge in [0.15, 0.2) is 0 Å². The molecule has 0 saturated carbocycles. The number of benzene rings is 1. The van der Waals surface area contributed by atoms with Gasteiger partial charge in [-0.3, -0.25) is 0 Å². The number of aromatic nitrogens is 2. The average Bonchev–Trinajstić information content (AvgIpc) is 2.82. The molecule has 4 heteroatoms. The van der Waals surface area contributed by atoms with Gasteiger partial charge in [-0.05, 0) is 43.5 Å². The monoisotopic (exact) mass is 245 g/mol. The van der Waals surface area contributed by atoms with E-state index in [-0.39, 0.29) is 6.61 Å². The van der Waals surface area contributed by atoms with Crippen molar-refractivity contribution >= 4 is 0 Å². The van der Waals surface area contributed by atoms with E-state index in [1.807, 2.05) is 0 Å². The third-order valence-electron chi connectivity index (χ3n) is 3.27. The molecular weight excluding hydrogens is 226 g/mol. The molecule has 4 N–H and O–H groups in total. The van der Waals surface area contributed by atoms with E-state index in [0.29, 0.717) is 5.82 Å². The van der Waals surface area contributed by atoms with Crippen molar-refractivity contribution in [3.8, 4) is 11.3 Å². The molecule has 0 bridgehead atoms. The highest BCUT2D eigenvalue weighted by Gasteiger charge is 2.11. The van der Waals surface area contributed by atoms with Crippen molar-refractivity contribution in [2.75, 3.05) is 6.61 Å². The zero-order chi connectivity index (χ0) is 13.3. The lowest BCUT2D eigenvalue weighted by Gasteiger charge is -2.08. The highest BCUT2D eigenvalue weighted by atomic mass is 16.3. The molecule has 96 valence electrons. The lowest BCUT2D eigenvalue weighted by atomic mass is 9.99. The van der Waals surface area contributed by atoms with E-state index >= 15 is 0 Å². The van der Waals surface area contributed by atoms with E-state index in [2.05, 4.69) is 42.9 Å². The summed E-state index contributed by atoms with van der Waals surface area (Å²) >= 11 is 0. The van der Waals surface area contributed by atoms with Gasteiger partial charge < -0.3 is 15.8 Å². The molecule has 0 saturated heterocycles. The van der Waals surface area contributed by atoms with Gasteiger partial charge in [-0.25, -0.2) is 4.98 Å². The summed E-state index contributed by atoms with van der Waals surface area (Å²) in [5.41, 5.74) is 11.5. The molecule has 0 aliphatic heterocycles. The van der Waals surface area contributed by atoms with E-state index < -0.39 is 6.04 Å². The Balaban J connectivity index is 2.43. The van der Waals surface area contributed by atoms with E-state index in [0.717, 1.165) is 11.3 Å². The fourth-order valence-corrected chi connectivity index (χ4v) is 2.00. The Labute approximate surface area is 107 Å². The molecule has 2 aromatic rings. The first-order valence-electron chi connectivity index (χ1n) is 6.02. The maximum Gasteiger partial charge on any atom is 0.125 e. The minimum absolute atomic E-state index is 0.112. The van der Waals surface area contributed by atoms with Gasteiger partial charge in [0.1, 0.15) is 5.82 Å². The summed E-state index contributed by atoms with van der Waals surface area (Å²) in [5, 5.41) is 9.02. The SMILES string of the molecule is Cc1cc(C)c(-c2cnc(C(N)CO)[nH]2)cc1C. The minimum atomic E-state index is -0.453. The first kappa shape index (κ1) is 12.8. The van der Waals surface area contributed by atoms with E-state index in [4.69, 9.17) is 10.8 Å². The van der Waals surface area contributed by atoms with Crippen LogP contribution in [0.4, 0.5) is 0 Å². The number of hydrogen-bond donors (Lipinski definition) is 3. The van der Waals surface area contributed by atoms with Crippen molar-refractivity contribution in [3.63, 3.8) is 0 Å². The molecule has 1 heterocycles. The van der Waals surface area contributed by atoms with Gasteiger partial charge in [0.2, 0.25) is 0 Å². The molecule has 1 unspecified atom stereocenters. The second-order valence-corrected chi connectivity index (χ2v) is 4.72. The Morgan fingerprint density at radius 3 is 2.56 bits per heavy atom. The van der Waals surface area contributed by atoms with Gasteiger partial charge in [-0.15, -0.1) is 0 Å². The van der Waals surface area contributed by atoms with Crippen LogP contribution in [0, 0.1) is 20.8 Å². The predicted octanol–water partition coefficient (Wildman–Crippen LogP) is 1.99. The fraction of sp³-hybridized carbons (Fsp3) is 0.357. The molecule has 0 spiro atoms. The summed E-state index contributed by atoms with van der Waals surface area (Å²) in [5.74, 6) is 0.616. The van der Waals surface area contributed by atoms with Crippen LogP contribution in [0.1, 0.15) is 28.6 Å². The van der Waals surface area contributed by atoms with Crippen LogP contribution in [-0.2, 0) is 0 Å². The summed E-state index contributed by atoms with van der Waals surface area (Å²) in [6.45, 7) is 6.16. The second-order valence-electron chi connectivity index (χ2n) is 4.72. The summed E-state index contributed by atoms with van der Waals surface area (Å²) in [6.07, 6.45) is 1.77. The van der Waals surface area contributed by atoms with Crippen LogP contribution in [-0.4, -0.2) is 21.7 Å². The molecule has 0 aliphatic carbocycles. The van der Waals surface area contributed by atoms with Crippen LogP contribution in [0.25, 0.3) is 11.3 Å². The fourth-order valence-electron chi connectivity index (χ4n) is 2.00. The quantitative estimate of drug-likeness (QED) is 0.774. The van der Waals surface area contributed by atoms with E-state index in [1.54, 1.807) is 6.20 Å². The maximum atomic E-state index is 9.02. The third-order valence-corrected chi connectivity index (χ3v) is 3.27. The highest BCUT2D eigenvalue weighted by molar-refractivity contribution is 5.65. The van der Waals surface area contributed by atoms with Gasteiger partial charge in [0, 0.05) is 5.56 Å². The summed E-state index contributed by atoms with van der Waals surface area (Å²) in [4.78, 5) is 7.39. The lowest BCUT2D eigenvalue weighted by Crippen LogP contribution is -2.15. The normalized spacial score (nSPS) is 12.7. The average molecular weight is 245 g/mol. The number of H-pyrrole nitrogens is 1. The van der Waals surface area contributed by atoms with Gasteiger partial charge in [0.05, 0.1) is 24.5 Å². The zero-order valence-corrected chi connectivity index (χ0v) is 11.0. The predicted molar refractivity (Wildman–Crippen MR) is 72.2 cm³/mol. The third kappa shape index (κ3) is 2.30. The molecule has 0 fully saturated rings. The van der Waals surface area contributed by atoms with E-state index in [9.17, 15) is 0 Å².